The second kappa shape index (κ2) is 13.3. The molecule has 210 valence electrons. The molecule has 2 aromatic carbocycles. The highest BCUT2D eigenvalue weighted by molar-refractivity contribution is 7.92. The molecular weight excluding hydrogens is 526 g/mol. The molecule has 0 fully saturated rings. The van der Waals surface area contributed by atoms with Crippen LogP contribution in [-0.2, 0) is 32.5 Å². The maximum absolute atomic E-state index is 12.4. The summed E-state index contributed by atoms with van der Waals surface area (Å²) in [5, 5.41) is 14.6. The monoisotopic (exact) mass is 565 g/mol. The van der Waals surface area contributed by atoms with E-state index in [0.29, 0.717) is 30.0 Å². The van der Waals surface area contributed by atoms with E-state index in [2.05, 4.69) is 42.1 Å². The van der Waals surface area contributed by atoms with Crippen LogP contribution in [0.15, 0.2) is 36.4 Å². The van der Waals surface area contributed by atoms with Crippen LogP contribution < -0.4 is 14.8 Å². The van der Waals surface area contributed by atoms with Gasteiger partial charge in [0.05, 0.1) is 37.6 Å². The van der Waals surface area contributed by atoms with Crippen LogP contribution in [0.5, 0.6) is 5.75 Å². The Morgan fingerprint density at radius 2 is 1.76 bits per heavy atom. The van der Waals surface area contributed by atoms with Gasteiger partial charge in [-0.05, 0) is 87.6 Å². The van der Waals surface area contributed by atoms with Crippen LogP contribution in [-0.4, -0.2) is 56.3 Å². The van der Waals surface area contributed by atoms with Gasteiger partial charge in [0.1, 0.15) is 5.75 Å². The van der Waals surface area contributed by atoms with Crippen LogP contribution in [0.4, 0.5) is 5.69 Å². The van der Waals surface area contributed by atoms with Gasteiger partial charge in [-0.3, -0.25) is 14.7 Å². The summed E-state index contributed by atoms with van der Waals surface area (Å²) in [5.74, 6) is -0.0535. The first kappa shape index (κ1) is 31.3. The number of ether oxygens (including phenoxy) is 2. The summed E-state index contributed by atoms with van der Waals surface area (Å²) in [6.45, 7) is 10.2. The molecule has 3 N–H and O–H groups in total. The van der Waals surface area contributed by atoms with Crippen LogP contribution in [0.2, 0.25) is 0 Å². The van der Waals surface area contributed by atoms with Crippen molar-refractivity contribution >= 4 is 39.0 Å². The zero-order valence-electron chi connectivity index (χ0n) is 23.1. The van der Waals surface area contributed by atoms with Gasteiger partial charge in [0.15, 0.2) is 5.11 Å². The van der Waals surface area contributed by atoms with Gasteiger partial charge < -0.3 is 14.8 Å². The topological polar surface area (TPSA) is 117 Å². The zero-order chi connectivity index (χ0) is 28.7. The molecule has 0 aliphatic heterocycles. The maximum atomic E-state index is 12.4. The molecule has 0 heterocycles. The van der Waals surface area contributed by atoms with Crippen molar-refractivity contribution in [1.29, 1.82) is 0 Å². The molecular formula is C27H39N3O6S2. The Hall–Kier alpha value is -2.89. The van der Waals surface area contributed by atoms with Crippen LogP contribution in [0.1, 0.15) is 43.0 Å². The Morgan fingerprint density at radius 1 is 1.11 bits per heavy atom. The molecule has 1 atom stereocenters. The molecule has 0 aliphatic rings. The summed E-state index contributed by atoms with van der Waals surface area (Å²) in [6.07, 6.45) is 1.71. The minimum absolute atomic E-state index is 0.0438. The van der Waals surface area contributed by atoms with Gasteiger partial charge in [-0.15, -0.1) is 0 Å². The van der Waals surface area contributed by atoms with Gasteiger partial charge in [0.2, 0.25) is 10.0 Å². The van der Waals surface area contributed by atoms with E-state index in [4.69, 9.17) is 21.7 Å². The lowest BCUT2D eigenvalue weighted by atomic mass is 9.96. The van der Waals surface area contributed by atoms with Crippen molar-refractivity contribution in [2.24, 2.45) is 11.3 Å². The second-order valence-electron chi connectivity index (χ2n) is 10.5. The number of hydrogen-bond donors (Lipinski definition) is 3. The molecule has 2 rings (SSSR count). The van der Waals surface area contributed by atoms with Crippen LogP contribution in [0.25, 0.3) is 0 Å². The predicted molar refractivity (Wildman–Crippen MR) is 153 cm³/mol. The number of nitrogens with zero attached hydrogens (tertiary/aromatic N) is 1. The number of sulfonamides is 1. The lowest BCUT2D eigenvalue weighted by molar-refractivity contribution is -0.154. The predicted octanol–water partition coefficient (Wildman–Crippen LogP) is 4.20. The van der Waals surface area contributed by atoms with Crippen LogP contribution in [0.3, 0.4) is 0 Å². The summed E-state index contributed by atoms with van der Waals surface area (Å²) in [7, 11) is -2.04. The number of aryl methyl sites for hydroxylation is 2. The van der Waals surface area contributed by atoms with Gasteiger partial charge in [0.25, 0.3) is 0 Å². The van der Waals surface area contributed by atoms with Crippen molar-refractivity contribution in [2.75, 3.05) is 31.2 Å². The maximum Gasteiger partial charge on any atom is 0.311 e. The molecule has 2 aromatic rings. The van der Waals surface area contributed by atoms with Crippen molar-refractivity contribution in [1.82, 2.24) is 10.4 Å². The van der Waals surface area contributed by atoms with Gasteiger partial charge in [-0.25, -0.2) is 13.5 Å². The minimum Gasteiger partial charge on any atom is -0.495 e. The normalized spacial score (nSPS) is 12.4. The van der Waals surface area contributed by atoms with Gasteiger partial charge >= 0.3 is 5.97 Å². The largest absolute Gasteiger partial charge is 0.495 e. The number of esters is 1. The third kappa shape index (κ3) is 10.1. The third-order valence-electron chi connectivity index (χ3n) is 5.83. The Balaban J connectivity index is 2.06. The zero-order valence-corrected chi connectivity index (χ0v) is 24.8. The number of hydroxylamine groups is 2. The number of methoxy groups -OCH3 is 1. The third-order valence-corrected chi connectivity index (χ3v) is 6.77. The van der Waals surface area contributed by atoms with E-state index < -0.39 is 15.4 Å². The van der Waals surface area contributed by atoms with E-state index >= 15 is 0 Å². The summed E-state index contributed by atoms with van der Waals surface area (Å²) in [5.41, 5.74) is 3.85. The molecule has 0 saturated carbocycles. The van der Waals surface area contributed by atoms with E-state index in [1.54, 1.807) is 18.2 Å². The molecule has 0 bridgehead atoms. The summed E-state index contributed by atoms with van der Waals surface area (Å²) >= 11 is 5.38. The number of hydrogen-bond acceptors (Lipinski definition) is 7. The fourth-order valence-corrected chi connectivity index (χ4v) is 4.27. The quantitative estimate of drug-likeness (QED) is 0.209. The minimum atomic E-state index is -3.47. The molecule has 0 saturated heterocycles. The van der Waals surface area contributed by atoms with E-state index in [0.717, 1.165) is 16.9 Å². The number of nitrogens with one attached hydrogen (secondary N) is 2. The van der Waals surface area contributed by atoms with Crippen LogP contribution in [0, 0.1) is 25.2 Å². The molecule has 11 heteroatoms. The Kier molecular flexibility index (Phi) is 10.9. The van der Waals surface area contributed by atoms with Crippen molar-refractivity contribution < 1.29 is 27.9 Å². The van der Waals surface area contributed by atoms with E-state index in [-0.39, 0.29) is 30.2 Å². The van der Waals surface area contributed by atoms with Crippen molar-refractivity contribution in [3.8, 4) is 5.75 Å². The molecule has 1 unspecified atom stereocenters. The Morgan fingerprint density at radius 3 is 2.34 bits per heavy atom. The first-order valence-corrected chi connectivity index (χ1v) is 14.5. The highest BCUT2D eigenvalue weighted by atomic mass is 32.2. The van der Waals surface area contributed by atoms with Gasteiger partial charge in [-0.2, -0.15) is 0 Å². The highest BCUT2D eigenvalue weighted by Gasteiger charge is 2.25. The summed E-state index contributed by atoms with van der Waals surface area (Å²) in [6, 6.07) is 11.1. The molecule has 0 aliphatic carbocycles. The molecule has 9 nitrogen and oxygen atoms in total. The first-order chi connectivity index (χ1) is 17.6. The smallest absolute Gasteiger partial charge is 0.311 e. The standard InChI is InChI=1S/C27H39N3O6S2/c1-18-8-9-20(12-19(18)2)13-22(17-36-25(31)27(3,4)5)15-28-26(37)30(32)16-21-10-11-23(24(14-21)35-6)29-38(7,33)34/h8-12,14,22,29,32H,13,15-17H2,1-7H3,(H,28,37). The van der Waals surface area contributed by atoms with E-state index in [1.165, 1.54) is 18.2 Å². The number of anilines is 1. The molecule has 0 radical (unpaired) electrons. The number of thiocarbonyl (C=S) groups is 1. The number of benzene rings is 2. The fraction of sp³-hybridized carbons (Fsp3) is 0.481. The average Bonchev–Trinajstić information content (AvgIpc) is 2.81. The molecule has 0 spiro atoms. The molecule has 38 heavy (non-hydrogen) atoms. The summed E-state index contributed by atoms with van der Waals surface area (Å²) in [4.78, 5) is 12.4. The van der Waals surface area contributed by atoms with Crippen molar-refractivity contribution in [2.45, 2.75) is 47.6 Å². The van der Waals surface area contributed by atoms with E-state index in [1.807, 2.05) is 20.8 Å². The lowest BCUT2D eigenvalue weighted by Crippen LogP contribution is -2.41. The Labute approximate surface area is 231 Å². The first-order valence-electron chi connectivity index (χ1n) is 12.2. The fourth-order valence-electron chi connectivity index (χ4n) is 3.55. The second-order valence-corrected chi connectivity index (χ2v) is 12.6. The lowest BCUT2D eigenvalue weighted by Gasteiger charge is -2.24. The van der Waals surface area contributed by atoms with E-state index in [9.17, 15) is 18.4 Å². The summed E-state index contributed by atoms with van der Waals surface area (Å²) < 4.78 is 36.4. The average molecular weight is 566 g/mol. The van der Waals surface area contributed by atoms with Gasteiger partial charge in [-0.1, -0.05) is 24.3 Å². The number of carbonyl (C=O) groups is 1. The van der Waals surface area contributed by atoms with Gasteiger partial charge in [0, 0.05) is 12.5 Å². The SMILES string of the molecule is COc1cc(CN(O)C(=S)NCC(COC(=O)C(C)(C)C)Cc2ccc(C)c(C)c2)ccc1NS(C)(=O)=O. The molecule has 0 amide bonds. The van der Waals surface area contributed by atoms with Crippen molar-refractivity contribution in [3.63, 3.8) is 0 Å². The Bertz CT molecular complexity index is 1240. The number of carbonyl (C=O) groups excluding carboxylic acids is 1. The van der Waals surface area contributed by atoms with Crippen molar-refractivity contribution in [3.05, 3.63) is 58.7 Å². The van der Waals surface area contributed by atoms with Crippen LogP contribution >= 0.6 is 12.2 Å². The number of rotatable bonds is 11. The highest BCUT2D eigenvalue weighted by Crippen LogP contribution is 2.27. The molecule has 0 aromatic heterocycles.